The van der Waals surface area contributed by atoms with Crippen molar-refractivity contribution in [1.29, 1.82) is 0 Å². The summed E-state index contributed by atoms with van der Waals surface area (Å²) in [5, 5.41) is 31.2. The standard InChI is InChI=1S/C53H96O12/c1-4-7-10-13-16-19-21-22-23-24-26-28-30-33-36-39-45(54)61-42-44(63-46(55)40-37-34-32-29-25-20-17-14-11-8-5-2)43-62-53-51(49(58)48(57)50(65-53)52(59)60)64-47(56)41-38-35-31-27-18-15-12-9-6-3/h22-23,44,48-51,53,57-58H,4-21,24-43H2,1-3H3,(H,59,60)/b23-22-. The maximum absolute atomic E-state index is 13.0. The average Bonchev–Trinajstić information content (AvgIpc) is 3.29. The van der Waals surface area contributed by atoms with Gasteiger partial charge in [-0.2, -0.15) is 0 Å². The number of carboxylic acids is 1. The molecule has 12 heteroatoms. The lowest BCUT2D eigenvalue weighted by atomic mass is 9.98. The highest BCUT2D eigenvalue weighted by Gasteiger charge is 2.50. The van der Waals surface area contributed by atoms with Crippen molar-refractivity contribution < 1.29 is 58.2 Å². The zero-order chi connectivity index (χ0) is 47.6. The quantitative estimate of drug-likeness (QED) is 0.0228. The molecule has 1 aliphatic heterocycles. The minimum atomic E-state index is -1.89. The third-order valence-electron chi connectivity index (χ3n) is 12.3. The summed E-state index contributed by atoms with van der Waals surface area (Å²) in [6.45, 7) is 5.93. The molecule has 0 aromatic rings. The van der Waals surface area contributed by atoms with E-state index in [0.29, 0.717) is 19.3 Å². The van der Waals surface area contributed by atoms with Gasteiger partial charge in [0.05, 0.1) is 6.61 Å². The second-order valence-corrected chi connectivity index (χ2v) is 18.5. The van der Waals surface area contributed by atoms with Crippen molar-refractivity contribution in [3.63, 3.8) is 0 Å². The zero-order valence-electron chi connectivity index (χ0n) is 41.5. The number of aliphatic hydroxyl groups is 2. The fourth-order valence-corrected chi connectivity index (χ4v) is 8.19. The number of carbonyl (C=O) groups excluding carboxylic acids is 3. The van der Waals surface area contributed by atoms with Crippen LogP contribution in [0.25, 0.3) is 0 Å². The molecule has 6 atom stereocenters. The Kier molecular flexibility index (Phi) is 39.8. The highest BCUT2D eigenvalue weighted by Crippen LogP contribution is 2.26. The summed E-state index contributed by atoms with van der Waals surface area (Å²) in [5.74, 6) is -3.11. The number of aliphatic carboxylic acids is 1. The van der Waals surface area contributed by atoms with Crippen LogP contribution in [0.15, 0.2) is 12.2 Å². The van der Waals surface area contributed by atoms with Gasteiger partial charge < -0.3 is 39.0 Å². The number of esters is 3. The van der Waals surface area contributed by atoms with Crippen LogP contribution in [0.4, 0.5) is 0 Å². The summed E-state index contributed by atoms with van der Waals surface area (Å²) in [4.78, 5) is 50.7. The Hall–Kier alpha value is -2.54. The molecule has 1 rings (SSSR count). The summed E-state index contributed by atoms with van der Waals surface area (Å²) in [6.07, 6.45) is 32.1. The minimum absolute atomic E-state index is 0.0656. The maximum atomic E-state index is 13.0. The Labute approximate surface area is 395 Å². The first-order chi connectivity index (χ1) is 31.6. The van der Waals surface area contributed by atoms with Crippen molar-refractivity contribution in [2.75, 3.05) is 13.2 Å². The second kappa shape index (κ2) is 42.8. The van der Waals surface area contributed by atoms with Gasteiger partial charge in [0.2, 0.25) is 0 Å². The van der Waals surface area contributed by atoms with E-state index in [4.69, 9.17) is 23.7 Å². The minimum Gasteiger partial charge on any atom is -0.479 e. The van der Waals surface area contributed by atoms with Crippen LogP contribution in [0.3, 0.4) is 0 Å². The lowest BCUT2D eigenvalue weighted by Gasteiger charge is -2.40. The van der Waals surface area contributed by atoms with Crippen LogP contribution in [-0.4, -0.2) is 89.2 Å². The van der Waals surface area contributed by atoms with Gasteiger partial charge in [0.15, 0.2) is 24.6 Å². The van der Waals surface area contributed by atoms with Crippen molar-refractivity contribution in [3.8, 4) is 0 Å². The van der Waals surface area contributed by atoms with Crippen molar-refractivity contribution in [2.24, 2.45) is 0 Å². The number of rotatable bonds is 45. The largest absolute Gasteiger partial charge is 0.479 e. The molecule has 0 aliphatic carbocycles. The van der Waals surface area contributed by atoms with Crippen LogP contribution in [0.1, 0.15) is 252 Å². The highest BCUT2D eigenvalue weighted by atomic mass is 16.7. The smallest absolute Gasteiger partial charge is 0.335 e. The molecule has 65 heavy (non-hydrogen) atoms. The van der Waals surface area contributed by atoms with E-state index >= 15 is 0 Å². The third-order valence-corrected chi connectivity index (χ3v) is 12.3. The first-order valence-corrected chi connectivity index (χ1v) is 26.7. The van der Waals surface area contributed by atoms with E-state index in [1.54, 1.807) is 0 Å². The number of allylic oxidation sites excluding steroid dienone is 2. The third kappa shape index (κ3) is 33.6. The molecule has 380 valence electrons. The van der Waals surface area contributed by atoms with Crippen molar-refractivity contribution in [3.05, 3.63) is 12.2 Å². The second-order valence-electron chi connectivity index (χ2n) is 18.5. The van der Waals surface area contributed by atoms with Crippen molar-refractivity contribution in [2.45, 2.75) is 289 Å². The molecule has 6 unspecified atom stereocenters. The van der Waals surface area contributed by atoms with Gasteiger partial charge in [-0.1, -0.05) is 200 Å². The van der Waals surface area contributed by atoms with Gasteiger partial charge in [-0.05, 0) is 44.9 Å². The van der Waals surface area contributed by atoms with Crippen LogP contribution in [0.5, 0.6) is 0 Å². The first-order valence-electron chi connectivity index (χ1n) is 26.7. The van der Waals surface area contributed by atoms with Gasteiger partial charge in [0.1, 0.15) is 18.8 Å². The molecule has 1 aliphatic rings. The molecule has 0 bridgehead atoms. The lowest BCUT2D eigenvalue weighted by molar-refractivity contribution is -0.301. The zero-order valence-corrected chi connectivity index (χ0v) is 41.5. The Morgan fingerprint density at radius 2 is 0.877 bits per heavy atom. The van der Waals surface area contributed by atoms with Crippen molar-refractivity contribution >= 4 is 23.9 Å². The monoisotopic (exact) mass is 925 g/mol. The molecule has 12 nitrogen and oxygen atoms in total. The fraction of sp³-hybridized carbons (Fsp3) is 0.887. The summed E-state index contributed by atoms with van der Waals surface area (Å²) in [5.41, 5.74) is 0. The Morgan fingerprint density at radius 1 is 0.492 bits per heavy atom. The summed E-state index contributed by atoms with van der Waals surface area (Å²) in [7, 11) is 0. The van der Waals surface area contributed by atoms with Gasteiger partial charge in [0, 0.05) is 19.3 Å². The average molecular weight is 925 g/mol. The molecule has 1 saturated heterocycles. The molecule has 3 N–H and O–H groups in total. The predicted octanol–water partition coefficient (Wildman–Crippen LogP) is 12.6. The first kappa shape index (κ1) is 60.5. The number of carboxylic acid groups (broad SMARTS) is 1. The van der Waals surface area contributed by atoms with E-state index in [1.165, 1.54) is 109 Å². The molecule has 0 aromatic carbocycles. The topological polar surface area (TPSA) is 175 Å². The molecule has 1 heterocycles. The Balaban J connectivity index is 2.71. The van der Waals surface area contributed by atoms with E-state index in [2.05, 4.69) is 32.9 Å². The molecular weight excluding hydrogens is 829 g/mol. The molecule has 0 aromatic heterocycles. The fourth-order valence-electron chi connectivity index (χ4n) is 8.19. The number of hydrogen-bond donors (Lipinski definition) is 3. The number of carbonyl (C=O) groups is 4. The lowest BCUT2D eigenvalue weighted by Crippen LogP contribution is -2.61. The van der Waals surface area contributed by atoms with Crippen LogP contribution in [-0.2, 0) is 42.9 Å². The summed E-state index contributed by atoms with van der Waals surface area (Å²) >= 11 is 0. The van der Waals surface area contributed by atoms with E-state index < -0.39 is 67.3 Å². The van der Waals surface area contributed by atoms with E-state index in [1.807, 2.05) is 0 Å². The van der Waals surface area contributed by atoms with Gasteiger partial charge in [-0.3, -0.25) is 14.4 Å². The highest BCUT2D eigenvalue weighted by molar-refractivity contribution is 5.74. The number of hydrogen-bond acceptors (Lipinski definition) is 11. The normalized spacial score (nSPS) is 19.1. The molecule has 1 fully saturated rings. The summed E-state index contributed by atoms with van der Waals surface area (Å²) in [6, 6.07) is 0. The Bertz CT molecular complexity index is 1190. The SMILES string of the molecule is CCCCCCCC/C=C\CCCCCCCC(=O)OCC(COC1OC(C(=O)O)C(O)C(O)C1OC(=O)CCCCCCCCCCC)OC(=O)CCCCCCCCCCCCC. The number of unbranched alkanes of at least 4 members (excludes halogenated alkanes) is 29. The van der Waals surface area contributed by atoms with Gasteiger partial charge in [-0.15, -0.1) is 0 Å². The van der Waals surface area contributed by atoms with Gasteiger partial charge in [0.25, 0.3) is 0 Å². The molecule has 0 saturated carbocycles. The molecule has 0 radical (unpaired) electrons. The van der Waals surface area contributed by atoms with Crippen molar-refractivity contribution in [1.82, 2.24) is 0 Å². The summed E-state index contributed by atoms with van der Waals surface area (Å²) < 4.78 is 28.3. The number of ether oxygens (including phenoxy) is 5. The molecule has 0 amide bonds. The van der Waals surface area contributed by atoms with Crippen LogP contribution in [0.2, 0.25) is 0 Å². The van der Waals surface area contributed by atoms with E-state index in [0.717, 1.165) is 83.5 Å². The Morgan fingerprint density at radius 3 is 1.31 bits per heavy atom. The van der Waals surface area contributed by atoms with Crippen LogP contribution >= 0.6 is 0 Å². The van der Waals surface area contributed by atoms with E-state index in [9.17, 15) is 34.5 Å². The van der Waals surface area contributed by atoms with Gasteiger partial charge >= 0.3 is 23.9 Å². The molecular formula is C53H96O12. The van der Waals surface area contributed by atoms with Crippen LogP contribution < -0.4 is 0 Å². The van der Waals surface area contributed by atoms with Gasteiger partial charge in [-0.25, -0.2) is 4.79 Å². The van der Waals surface area contributed by atoms with Crippen LogP contribution in [0, 0.1) is 0 Å². The molecule has 0 spiro atoms. The van der Waals surface area contributed by atoms with E-state index in [-0.39, 0.29) is 25.9 Å². The predicted molar refractivity (Wildman–Crippen MR) is 257 cm³/mol. The maximum Gasteiger partial charge on any atom is 0.335 e. The number of aliphatic hydroxyl groups excluding tert-OH is 2.